The summed E-state index contributed by atoms with van der Waals surface area (Å²) in [5.74, 6) is 0.908. The van der Waals surface area contributed by atoms with Crippen molar-refractivity contribution in [2.45, 2.75) is 24.7 Å². The highest BCUT2D eigenvalue weighted by Crippen LogP contribution is 2.43. The predicted molar refractivity (Wildman–Crippen MR) is 98.6 cm³/mol. The van der Waals surface area contributed by atoms with Crippen LogP contribution in [0.25, 0.3) is 0 Å². The van der Waals surface area contributed by atoms with E-state index in [1.54, 1.807) is 0 Å². The Bertz CT molecular complexity index is 521. The minimum Gasteiger partial charge on any atom is -0.379 e. The molecule has 132 valence electrons. The first-order valence-electron chi connectivity index (χ1n) is 9.13. The lowest BCUT2D eigenvalue weighted by Crippen LogP contribution is -2.50. The third-order valence-electron chi connectivity index (χ3n) is 5.34. The van der Waals surface area contributed by atoms with Gasteiger partial charge in [0.1, 0.15) is 0 Å². The average Bonchev–Trinajstić information content (AvgIpc) is 2.61. The summed E-state index contributed by atoms with van der Waals surface area (Å²) in [6, 6.07) is 10.9. The van der Waals surface area contributed by atoms with E-state index in [9.17, 15) is 0 Å². The lowest BCUT2D eigenvalue weighted by Gasteiger charge is -2.43. The van der Waals surface area contributed by atoms with E-state index >= 15 is 0 Å². The van der Waals surface area contributed by atoms with E-state index in [1.165, 1.54) is 24.8 Å². The summed E-state index contributed by atoms with van der Waals surface area (Å²) in [6.07, 6.45) is 3.84. The maximum Gasteiger partial charge on any atom is 0.191 e. The van der Waals surface area contributed by atoms with E-state index in [-0.39, 0.29) is 5.41 Å². The summed E-state index contributed by atoms with van der Waals surface area (Å²) >= 11 is 0. The number of benzene rings is 1. The zero-order valence-corrected chi connectivity index (χ0v) is 14.8. The first-order valence-corrected chi connectivity index (χ1v) is 9.13. The molecule has 1 aliphatic heterocycles. The molecule has 0 atom stereocenters. The Hall–Kier alpha value is -1.59. The number of rotatable bonds is 6. The molecule has 0 bridgehead atoms. The van der Waals surface area contributed by atoms with Crippen LogP contribution in [0.1, 0.15) is 24.8 Å². The molecular weight excluding hydrogens is 300 g/mol. The molecule has 1 aromatic carbocycles. The zero-order valence-electron chi connectivity index (χ0n) is 14.8. The first kappa shape index (κ1) is 17.2. The number of hydrogen-bond donors (Lipinski definition) is 2. The maximum atomic E-state index is 5.39. The topological polar surface area (TPSA) is 48.9 Å². The van der Waals surface area contributed by atoms with E-state index in [4.69, 9.17) is 4.74 Å². The largest absolute Gasteiger partial charge is 0.379 e. The normalized spacial score (nSPS) is 21.1. The molecule has 0 unspecified atom stereocenters. The van der Waals surface area contributed by atoms with Crippen molar-refractivity contribution in [3.05, 3.63) is 35.9 Å². The zero-order chi connectivity index (χ0) is 16.7. The molecule has 0 amide bonds. The van der Waals surface area contributed by atoms with Crippen LogP contribution in [-0.2, 0) is 10.2 Å². The predicted octanol–water partition coefficient (Wildman–Crippen LogP) is 1.61. The van der Waals surface area contributed by atoms with E-state index in [0.29, 0.717) is 0 Å². The molecule has 1 saturated carbocycles. The average molecular weight is 330 g/mol. The minimum atomic E-state index is 0.281. The van der Waals surface area contributed by atoms with Gasteiger partial charge in [-0.15, -0.1) is 0 Å². The van der Waals surface area contributed by atoms with Crippen LogP contribution >= 0.6 is 0 Å². The van der Waals surface area contributed by atoms with E-state index in [1.807, 2.05) is 7.05 Å². The molecule has 2 aliphatic rings. The second-order valence-electron chi connectivity index (χ2n) is 6.81. The number of ether oxygens (including phenoxy) is 1. The minimum absolute atomic E-state index is 0.281. The molecule has 1 aromatic rings. The number of hydrogen-bond acceptors (Lipinski definition) is 3. The van der Waals surface area contributed by atoms with Crippen molar-refractivity contribution < 1.29 is 4.74 Å². The van der Waals surface area contributed by atoms with Crippen molar-refractivity contribution in [3.8, 4) is 0 Å². The number of nitrogens with zero attached hydrogens (tertiary/aromatic N) is 2. The van der Waals surface area contributed by atoms with Crippen LogP contribution in [0.15, 0.2) is 35.3 Å². The van der Waals surface area contributed by atoms with E-state index in [0.717, 1.165) is 51.9 Å². The number of morpholine rings is 1. The molecule has 1 saturated heterocycles. The Morgan fingerprint density at radius 1 is 1.17 bits per heavy atom. The van der Waals surface area contributed by atoms with Gasteiger partial charge in [-0.1, -0.05) is 36.8 Å². The summed E-state index contributed by atoms with van der Waals surface area (Å²) in [4.78, 5) is 6.81. The highest BCUT2D eigenvalue weighted by atomic mass is 16.5. The van der Waals surface area contributed by atoms with E-state index < -0.39 is 0 Å². The fourth-order valence-corrected chi connectivity index (χ4v) is 3.59. The van der Waals surface area contributed by atoms with Crippen molar-refractivity contribution in [2.24, 2.45) is 4.99 Å². The highest BCUT2D eigenvalue weighted by Gasteiger charge is 2.38. The Morgan fingerprint density at radius 3 is 2.54 bits per heavy atom. The van der Waals surface area contributed by atoms with Gasteiger partial charge in [-0.2, -0.15) is 0 Å². The Balaban J connectivity index is 1.45. The fourth-order valence-electron chi connectivity index (χ4n) is 3.59. The summed E-state index contributed by atoms with van der Waals surface area (Å²) in [7, 11) is 1.85. The van der Waals surface area contributed by atoms with Gasteiger partial charge in [-0.25, -0.2) is 0 Å². The second-order valence-corrected chi connectivity index (χ2v) is 6.81. The van der Waals surface area contributed by atoms with Gasteiger partial charge in [-0.3, -0.25) is 9.89 Å². The smallest absolute Gasteiger partial charge is 0.191 e. The van der Waals surface area contributed by atoms with Gasteiger partial charge in [0.15, 0.2) is 5.96 Å². The van der Waals surface area contributed by atoms with Crippen molar-refractivity contribution >= 4 is 5.96 Å². The Morgan fingerprint density at radius 2 is 1.92 bits per heavy atom. The Kier molecular flexibility index (Phi) is 6.10. The summed E-state index contributed by atoms with van der Waals surface area (Å²) in [5.41, 5.74) is 1.73. The molecule has 1 heterocycles. The monoisotopic (exact) mass is 330 g/mol. The Labute approximate surface area is 145 Å². The van der Waals surface area contributed by atoms with Crippen LogP contribution in [0.2, 0.25) is 0 Å². The van der Waals surface area contributed by atoms with Crippen LogP contribution in [0.3, 0.4) is 0 Å². The molecule has 3 rings (SSSR count). The molecule has 5 heteroatoms. The van der Waals surface area contributed by atoms with Gasteiger partial charge >= 0.3 is 0 Å². The van der Waals surface area contributed by atoms with Gasteiger partial charge < -0.3 is 15.4 Å². The standard InChI is InChI=1S/C19H30N4O/c1-20-18(21-10-11-23-12-14-24-15-13-23)22-16-19(8-5-9-19)17-6-3-2-4-7-17/h2-4,6-7H,5,8-16H2,1H3,(H2,20,21,22). The third-order valence-corrected chi connectivity index (χ3v) is 5.34. The quantitative estimate of drug-likeness (QED) is 0.614. The lowest BCUT2D eigenvalue weighted by molar-refractivity contribution is 0.0389. The molecule has 5 nitrogen and oxygen atoms in total. The van der Waals surface area contributed by atoms with Crippen molar-refractivity contribution in [2.75, 3.05) is 53.0 Å². The molecule has 0 spiro atoms. The van der Waals surface area contributed by atoms with Gasteiger partial charge in [0.05, 0.1) is 13.2 Å². The van der Waals surface area contributed by atoms with Gasteiger partial charge in [0, 0.05) is 45.2 Å². The van der Waals surface area contributed by atoms with Gasteiger partial charge in [0.25, 0.3) is 0 Å². The molecule has 24 heavy (non-hydrogen) atoms. The van der Waals surface area contributed by atoms with Crippen LogP contribution in [0.5, 0.6) is 0 Å². The van der Waals surface area contributed by atoms with Crippen LogP contribution in [0, 0.1) is 0 Å². The SMILES string of the molecule is CN=C(NCCN1CCOCC1)NCC1(c2ccccc2)CCC1. The molecule has 1 aliphatic carbocycles. The summed E-state index contributed by atoms with van der Waals surface area (Å²) in [6.45, 7) is 6.68. The number of aliphatic imine (C=N–C) groups is 1. The van der Waals surface area contributed by atoms with Crippen LogP contribution in [0.4, 0.5) is 0 Å². The van der Waals surface area contributed by atoms with Gasteiger partial charge in [-0.05, 0) is 18.4 Å². The number of nitrogens with one attached hydrogen (secondary N) is 2. The summed E-state index contributed by atoms with van der Waals surface area (Å²) < 4.78 is 5.39. The highest BCUT2D eigenvalue weighted by molar-refractivity contribution is 5.79. The van der Waals surface area contributed by atoms with E-state index in [2.05, 4.69) is 50.9 Å². The maximum absolute atomic E-state index is 5.39. The van der Waals surface area contributed by atoms with Crippen molar-refractivity contribution in [1.29, 1.82) is 0 Å². The molecular formula is C19H30N4O. The second kappa shape index (κ2) is 8.49. The fraction of sp³-hybridized carbons (Fsp3) is 0.632. The van der Waals surface area contributed by atoms with Gasteiger partial charge in [0.2, 0.25) is 0 Å². The lowest BCUT2D eigenvalue weighted by atomic mass is 9.64. The molecule has 0 aromatic heterocycles. The molecule has 0 radical (unpaired) electrons. The molecule has 2 N–H and O–H groups in total. The number of guanidine groups is 1. The van der Waals surface area contributed by atoms with Crippen molar-refractivity contribution in [3.63, 3.8) is 0 Å². The third kappa shape index (κ3) is 4.28. The van der Waals surface area contributed by atoms with Crippen molar-refractivity contribution in [1.82, 2.24) is 15.5 Å². The van der Waals surface area contributed by atoms with Crippen LogP contribution in [-0.4, -0.2) is 63.8 Å². The first-order chi connectivity index (χ1) is 11.8. The van der Waals surface area contributed by atoms with Crippen LogP contribution < -0.4 is 10.6 Å². The molecule has 2 fully saturated rings. The summed E-state index contributed by atoms with van der Waals surface area (Å²) in [5, 5.41) is 6.99.